The molecule has 0 unspecified atom stereocenters. The van der Waals surface area contributed by atoms with Crippen molar-refractivity contribution in [3.63, 3.8) is 0 Å². The topological polar surface area (TPSA) is 78.3 Å². The first-order valence-electron chi connectivity index (χ1n) is 7.72. The van der Waals surface area contributed by atoms with Crippen molar-refractivity contribution in [3.8, 4) is 0 Å². The molecule has 23 heavy (non-hydrogen) atoms. The van der Waals surface area contributed by atoms with Crippen molar-refractivity contribution in [1.82, 2.24) is 15.2 Å². The van der Waals surface area contributed by atoms with E-state index in [1.54, 1.807) is 11.0 Å². The molecular weight excluding hydrogens is 316 g/mol. The van der Waals surface area contributed by atoms with E-state index >= 15 is 0 Å². The Labute approximate surface area is 139 Å². The van der Waals surface area contributed by atoms with E-state index in [9.17, 15) is 4.79 Å². The molecule has 3 N–H and O–H groups in total. The Morgan fingerprint density at radius 1 is 1.43 bits per heavy atom. The summed E-state index contributed by atoms with van der Waals surface area (Å²) in [6.07, 6.45) is 1.29. The third-order valence-electron chi connectivity index (χ3n) is 4.15. The van der Waals surface area contributed by atoms with Crippen LogP contribution in [0.3, 0.4) is 0 Å². The van der Waals surface area contributed by atoms with Crippen LogP contribution >= 0.6 is 11.6 Å². The maximum absolute atomic E-state index is 11.9. The van der Waals surface area contributed by atoms with Gasteiger partial charge in [0.25, 0.3) is 5.91 Å². The number of likely N-dealkylation sites (N-methyl/N-ethyl adjacent to an activating group) is 1. The number of H-pyrrole nitrogens is 1. The molecule has 0 radical (unpaired) electrons. The quantitative estimate of drug-likeness (QED) is 0.757. The maximum atomic E-state index is 11.9. The van der Waals surface area contributed by atoms with Crippen LogP contribution in [0.15, 0.2) is 24.5 Å². The molecule has 1 aliphatic heterocycles. The molecule has 3 rings (SSSR count). The summed E-state index contributed by atoms with van der Waals surface area (Å²) in [5.74, 6) is -0.171. The van der Waals surface area contributed by atoms with Crippen molar-refractivity contribution in [2.45, 2.75) is 6.92 Å². The van der Waals surface area contributed by atoms with Gasteiger partial charge in [-0.1, -0.05) is 11.6 Å². The molecule has 7 nitrogen and oxygen atoms in total. The van der Waals surface area contributed by atoms with E-state index in [2.05, 4.69) is 32.3 Å². The van der Waals surface area contributed by atoms with Crippen molar-refractivity contribution >= 4 is 28.9 Å². The molecule has 0 aliphatic carbocycles. The molecule has 2 heterocycles. The predicted molar refractivity (Wildman–Crippen MR) is 89.2 cm³/mol. The number of nitrogens with one attached hydrogen (secondary N) is 3. The molecule has 1 fully saturated rings. The van der Waals surface area contributed by atoms with Gasteiger partial charge in [0, 0.05) is 5.69 Å². The molecule has 122 valence electrons. The highest BCUT2D eigenvalue weighted by atomic mass is 35.5. The minimum Gasteiger partial charge on any atom is -0.359 e. The highest BCUT2D eigenvalue weighted by Gasteiger charge is 2.20. The van der Waals surface area contributed by atoms with Gasteiger partial charge in [0.15, 0.2) is 0 Å². The number of carbonyl (C=O) groups is 1. The van der Waals surface area contributed by atoms with Crippen LogP contribution in [0.1, 0.15) is 17.5 Å². The van der Waals surface area contributed by atoms with Gasteiger partial charge in [0.1, 0.15) is 6.33 Å². The first-order valence-corrected chi connectivity index (χ1v) is 8.10. The lowest BCUT2D eigenvalue weighted by Gasteiger charge is -2.33. The van der Waals surface area contributed by atoms with Crippen molar-refractivity contribution in [3.05, 3.63) is 35.4 Å². The highest BCUT2D eigenvalue weighted by molar-refractivity contribution is 6.33. The number of halogens is 1. The monoisotopic (exact) mass is 335 g/mol. The zero-order valence-corrected chi connectivity index (χ0v) is 13.7. The van der Waals surface area contributed by atoms with Crippen LogP contribution in [-0.2, 0) is 0 Å². The Balaban J connectivity index is 1.67. The molecular formula is C15H20ClN6O+. The molecule has 1 saturated heterocycles. The molecule has 1 aliphatic rings. The van der Waals surface area contributed by atoms with E-state index in [-0.39, 0.29) is 11.7 Å². The van der Waals surface area contributed by atoms with E-state index in [1.807, 2.05) is 12.1 Å². The Bertz CT molecular complexity index is 667. The van der Waals surface area contributed by atoms with Gasteiger partial charge >= 0.3 is 0 Å². The molecule has 1 aromatic carbocycles. The number of hydrogen-bond donors (Lipinski definition) is 3. The van der Waals surface area contributed by atoms with Crippen LogP contribution in [-0.4, -0.2) is 53.8 Å². The first-order chi connectivity index (χ1) is 11.2. The second-order valence-electron chi connectivity index (χ2n) is 5.54. The first kappa shape index (κ1) is 15.8. The Morgan fingerprint density at radius 2 is 2.22 bits per heavy atom. The molecule has 0 spiro atoms. The number of amides is 1. The predicted octanol–water partition coefficient (Wildman–Crippen LogP) is 0.435. The van der Waals surface area contributed by atoms with Crippen LogP contribution in [0, 0.1) is 0 Å². The number of benzene rings is 1. The van der Waals surface area contributed by atoms with E-state index in [0.717, 1.165) is 38.4 Å². The molecule has 0 atom stereocenters. The smallest absolute Gasteiger partial charge is 0.292 e. The van der Waals surface area contributed by atoms with Crippen molar-refractivity contribution < 1.29 is 9.69 Å². The Morgan fingerprint density at radius 3 is 2.83 bits per heavy atom. The zero-order chi connectivity index (χ0) is 16.2. The Hall–Kier alpha value is -2.12. The second kappa shape index (κ2) is 6.97. The minimum atomic E-state index is -0.341. The number of anilines is 2. The summed E-state index contributed by atoms with van der Waals surface area (Å²) in [4.78, 5) is 19.7. The summed E-state index contributed by atoms with van der Waals surface area (Å²) >= 11 is 6.41. The van der Waals surface area contributed by atoms with Gasteiger partial charge in [-0.15, -0.1) is 0 Å². The van der Waals surface area contributed by atoms with E-state index in [0.29, 0.717) is 10.7 Å². The normalized spacial score (nSPS) is 15.7. The van der Waals surface area contributed by atoms with Crippen molar-refractivity contribution in [2.75, 3.05) is 42.9 Å². The van der Waals surface area contributed by atoms with E-state index < -0.39 is 0 Å². The Kier molecular flexibility index (Phi) is 4.78. The highest BCUT2D eigenvalue weighted by Crippen LogP contribution is 2.29. The average molecular weight is 336 g/mol. The number of rotatable bonds is 4. The maximum Gasteiger partial charge on any atom is 0.292 e. The van der Waals surface area contributed by atoms with Gasteiger partial charge < -0.3 is 15.1 Å². The number of carbonyl (C=O) groups excluding carboxylic acids is 1. The minimum absolute atomic E-state index is 0.170. The molecule has 1 aromatic heterocycles. The largest absolute Gasteiger partial charge is 0.359 e. The summed E-state index contributed by atoms with van der Waals surface area (Å²) in [5, 5.41) is 9.58. The second-order valence-corrected chi connectivity index (χ2v) is 5.95. The van der Waals surface area contributed by atoms with Crippen LogP contribution < -0.4 is 15.1 Å². The SMILES string of the molecule is CC[NH+]1CCN(c2ccc(NC(=O)c3ncn[nH]3)cc2Cl)CC1. The lowest BCUT2D eigenvalue weighted by Crippen LogP contribution is -3.14. The van der Waals surface area contributed by atoms with Gasteiger partial charge in [0.2, 0.25) is 5.82 Å². The van der Waals surface area contributed by atoms with Gasteiger partial charge in [0.05, 0.1) is 43.4 Å². The average Bonchev–Trinajstić information content (AvgIpc) is 3.10. The van der Waals surface area contributed by atoms with Crippen LogP contribution in [0.2, 0.25) is 5.02 Å². The summed E-state index contributed by atoms with van der Waals surface area (Å²) in [6, 6.07) is 5.58. The summed E-state index contributed by atoms with van der Waals surface area (Å²) < 4.78 is 0. The number of aromatic amines is 1. The fourth-order valence-electron chi connectivity index (χ4n) is 2.76. The van der Waals surface area contributed by atoms with Gasteiger partial charge in [-0.3, -0.25) is 9.89 Å². The molecule has 8 heteroatoms. The number of nitrogens with zero attached hydrogens (tertiary/aromatic N) is 3. The third kappa shape index (κ3) is 3.62. The van der Waals surface area contributed by atoms with E-state index in [1.165, 1.54) is 6.33 Å². The standard InChI is InChI=1S/C15H19ClN6O/c1-2-21-5-7-22(8-6-21)13-4-3-11(9-12(13)16)19-15(23)14-17-10-18-20-14/h3-4,9-10H,2,5-8H2,1H3,(H,19,23)(H,17,18,20)/p+1. The summed E-state index contributed by atoms with van der Waals surface area (Å²) in [6.45, 7) is 7.60. The van der Waals surface area contributed by atoms with Crippen LogP contribution in [0.5, 0.6) is 0 Å². The van der Waals surface area contributed by atoms with Gasteiger partial charge in [-0.25, -0.2) is 4.98 Å². The van der Waals surface area contributed by atoms with Crippen LogP contribution in [0.4, 0.5) is 11.4 Å². The lowest BCUT2D eigenvalue weighted by atomic mass is 10.2. The van der Waals surface area contributed by atoms with E-state index in [4.69, 9.17) is 11.6 Å². The van der Waals surface area contributed by atoms with Crippen LogP contribution in [0.25, 0.3) is 0 Å². The fraction of sp³-hybridized carbons (Fsp3) is 0.400. The number of quaternary nitrogens is 1. The van der Waals surface area contributed by atoms with Gasteiger partial charge in [-0.05, 0) is 25.1 Å². The number of hydrogen-bond acceptors (Lipinski definition) is 4. The third-order valence-corrected chi connectivity index (χ3v) is 4.45. The summed E-state index contributed by atoms with van der Waals surface area (Å²) in [7, 11) is 0. The fourth-order valence-corrected chi connectivity index (χ4v) is 3.06. The molecule has 1 amide bonds. The number of aromatic nitrogens is 3. The molecule has 0 saturated carbocycles. The lowest BCUT2D eigenvalue weighted by molar-refractivity contribution is -0.898. The zero-order valence-electron chi connectivity index (χ0n) is 13.0. The van der Waals surface area contributed by atoms with Crippen molar-refractivity contribution in [2.24, 2.45) is 0 Å². The van der Waals surface area contributed by atoms with Crippen molar-refractivity contribution in [1.29, 1.82) is 0 Å². The number of piperazine rings is 1. The molecule has 2 aromatic rings. The molecule has 0 bridgehead atoms. The van der Waals surface area contributed by atoms with Gasteiger partial charge in [-0.2, -0.15) is 5.10 Å². The summed E-state index contributed by atoms with van der Waals surface area (Å²) in [5.41, 5.74) is 1.65.